The van der Waals surface area contributed by atoms with E-state index in [1.165, 1.54) is 10.4 Å². The van der Waals surface area contributed by atoms with E-state index >= 15 is 0 Å². The molecule has 0 bridgehead atoms. The van der Waals surface area contributed by atoms with E-state index in [0.717, 1.165) is 25.2 Å². The number of nitrogens with one attached hydrogen (secondary N) is 1. The molecule has 2 aromatic heterocycles. The molecule has 0 unspecified atom stereocenters. The van der Waals surface area contributed by atoms with Crippen molar-refractivity contribution in [2.24, 2.45) is 0 Å². The van der Waals surface area contributed by atoms with Crippen molar-refractivity contribution in [1.82, 2.24) is 15.1 Å². The number of rotatable bonds is 5. The maximum atomic E-state index is 4.62. The van der Waals surface area contributed by atoms with Gasteiger partial charge in [0.15, 0.2) is 0 Å². The molecule has 0 fully saturated rings. The van der Waals surface area contributed by atoms with Crippen molar-refractivity contribution >= 4 is 11.3 Å². The summed E-state index contributed by atoms with van der Waals surface area (Å²) in [6.45, 7) is 4.04. The lowest BCUT2D eigenvalue weighted by atomic mass is 10.1. The molecule has 0 radical (unpaired) electrons. The predicted molar refractivity (Wildman–Crippen MR) is 68.8 cm³/mol. The molecule has 2 heterocycles. The van der Waals surface area contributed by atoms with Gasteiger partial charge in [0.25, 0.3) is 0 Å². The second kappa shape index (κ2) is 5.27. The molecule has 0 aliphatic heterocycles. The molecule has 3 nitrogen and oxygen atoms in total. The molecule has 0 aliphatic carbocycles. The standard InChI is InChI=1S/C12H17N3S/c1-3-15-9-10(6-7-13-2)12(14-15)11-5-4-8-16-11/h4-5,8-9,13H,3,6-7H2,1-2H3. The molecule has 0 aliphatic rings. The second-order valence-electron chi connectivity index (χ2n) is 3.69. The molecule has 0 saturated heterocycles. The van der Waals surface area contributed by atoms with Crippen LogP contribution in [0.5, 0.6) is 0 Å². The Morgan fingerprint density at radius 2 is 2.38 bits per heavy atom. The van der Waals surface area contributed by atoms with Crippen LogP contribution in [-0.4, -0.2) is 23.4 Å². The summed E-state index contributed by atoms with van der Waals surface area (Å²) < 4.78 is 2.01. The lowest BCUT2D eigenvalue weighted by molar-refractivity contribution is 0.661. The summed E-state index contributed by atoms with van der Waals surface area (Å²) in [5.41, 5.74) is 2.48. The Morgan fingerprint density at radius 1 is 1.50 bits per heavy atom. The molecule has 0 amide bonds. The fourth-order valence-corrected chi connectivity index (χ4v) is 2.43. The zero-order valence-electron chi connectivity index (χ0n) is 9.73. The van der Waals surface area contributed by atoms with E-state index in [1.54, 1.807) is 11.3 Å². The van der Waals surface area contributed by atoms with Crippen LogP contribution >= 0.6 is 11.3 Å². The second-order valence-corrected chi connectivity index (χ2v) is 4.64. The smallest absolute Gasteiger partial charge is 0.105 e. The SMILES string of the molecule is CCn1cc(CCNC)c(-c2cccs2)n1. The molecular weight excluding hydrogens is 218 g/mol. The summed E-state index contributed by atoms with van der Waals surface area (Å²) in [5.74, 6) is 0. The first-order valence-electron chi connectivity index (χ1n) is 5.60. The van der Waals surface area contributed by atoms with Crippen LogP contribution in [0.1, 0.15) is 12.5 Å². The van der Waals surface area contributed by atoms with Crippen LogP contribution in [0.4, 0.5) is 0 Å². The zero-order valence-corrected chi connectivity index (χ0v) is 10.5. The Kier molecular flexibility index (Phi) is 3.74. The Hall–Kier alpha value is -1.13. The predicted octanol–water partition coefficient (Wildman–Crippen LogP) is 2.39. The van der Waals surface area contributed by atoms with Gasteiger partial charge in [-0.05, 0) is 38.4 Å². The maximum Gasteiger partial charge on any atom is 0.105 e. The van der Waals surface area contributed by atoms with Gasteiger partial charge in [-0.3, -0.25) is 4.68 Å². The highest BCUT2D eigenvalue weighted by molar-refractivity contribution is 7.13. The Bertz CT molecular complexity index is 431. The average molecular weight is 235 g/mol. The molecule has 16 heavy (non-hydrogen) atoms. The lowest BCUT2D eigenvalue weighted by Crippen LogP contribution is -2.10. The normalized spacial score (nSPS) is 10.9. The van der Waals surface area contributed by atoms with Crippen LogP contribution < -0.4 is 5.32 Å². The summed E-state index contributed by atoms with van der Waals surface area (Å²) >= 11 is 1.75. The van der Waals surface area contributed by atoms with Gasteiger partial charge in [-0.15, -0.1) is 11.3 Å². The number of aromatic nitrogens is 2. The van der Waals surface area contributed by atoms with Crippen molar-refractivity contribution in [2.45, 2.75) is 19.9 Å². The lowest BCUT2D eigenvalue weighted by Gasteiger charge is -1.98. The minimum absolute atomic E-state index is 0.929. The maximum absolute atomic E-state index is 4.62. The van der Waals surface area contributed by atoms with E-state index < -0.39 is 0 Å². The quantitative estimate of drug-likeness (QED) is 0.862. The van der Waals surface area contributed by atoms with Gasteiger partial charge in [0.05, 0.1) is 4.88 Å². The van der Waals surface area contributed by atoms with E-state index in [-0.39, 0.29) is 0 Å². The highest BCUT2D eigenvalue weighted by Gasteiger charge is 2.10. The Morgan fingerprint density at radius 3 is 3.00 bits per heavy atom. The molecule has 4 heteroatoms. The van der Waals surface area contributed by atoms with Crippen molar-refractivity contribution in [3.63, 3.8) is 0 Å². The van der Waals surface area contributed by atoms with Gasteiger partial charge < -0.3 is 5.32 Å². The van der Waals surface area contributed by atoms with E-state index in [4.69, 9.17) is 0 Å². The molecule has 1 N–H and O–H groups in total. The first-order valence-corrected chi connectivity index (χ1v) is 6.48. The molecular formula is C12H17N3S. The van der Waals surface area contributed by atoms with Crippen LogP contribution in [0.25, 0.3) is 10.6 Å². The van der Waals surface area contributed by atoms with Crippen molar-refractivity contribution in [3.8, 4) is 10.6 Å². The fourth-order valence-electron chi connectivity index (χ4n) is 1.69. The summed E-state index contributed by atoms with van der Waals surface area (Å²) in [5, 5.41) is 9.91. The third-order valence-electron chi connectivity index (χ3n) is 2.56. The van der Waals surface area contributed by atoms with Crippen LogP contribution in [0.2, 0.25) is 0 Å². The van der Waals surface area contributed by atoms with Crippen molar-refractivity contribution in [2.75, 3.05) is 13.6 Å². The largest absolute Gasteiger partial charge is 0.319 e. The van der Waals surface area contributed by atoms with E-state index in [2.05, 4.69) is 41.0 Å². The first kappa shape index (κ1) is 11.4. The molecule has 2 rings (SSSR count). The summed E-state index contributed by atoms with van der Waals surface area (Å²) in [6.07, 6.45) is 3.19. The van der Waals surface area contributed by atoms with Crippen molar-refractivity contribution in [1.29, 1.82) is 0 Å². The molecule has 2 aromatic rings. The number of hydrogen-bond donors (Lipinski definition) is 1. The molecule has 0 atom stereocenters. The number of thiophene rings is 1. The topological polar surface area (TPSA) is 29.9 Å². The average Bonchev–Trinajstić information content (AvgIpc) is 2.94. The van der Waals surface area contributed by atoms with Gasteiger partial charge in [-0.2, -0.15) is 5.10 Å². The Balaban J connectivity index is 2.31. The minimum Gasteiger partial charge on any atom is -0.319 e. The van der Waals surface area contributed by atoms with Crippen LogP contribution in [0.3, 0.4) is 0 Å². The number of aryl methyl sites for hydroxylation is 1. The van der Waals surface area contributed by atoms with Gasteiger partial charge in [0.2, 0.25) is 0 Å². The molecule has 0 spiro atoms. The number of nitrogens with zero attached hydrogens (tertiary/aromatic N) is 2. The molecule has 0 aromatic carbocycles. The first-order chi connectivity index (χ1) is 7.85. The highest BCUT2D eigenvalue weighted by atomic mass is 32.1. The summed E-state index contributed by atoms with van der Waals surface area (Å²) in [7, 11) is 1.98. The van der Waals surface area contributed by atoms with Crippen molar-refractivity contribution < 1.29 is 0 Å². The van der Waals surface area contributed by atoms with Crippen LogP contribution in [0, 0.1) is 0 Å². The van der Waals surface area contributed by atoms with E-state index in [0.29, 0.717) is 0 Å². The fraction of sp³-hybridized carbons (Fsp3) is 0.417. The van der Waals surface area contributed by atoms with E-state index in [9.17, 15) is 0 Å². The molecule has 0 saturated carbocycles. The summed E-state index contributed by atoms with van der Waals surface area (Å²) in [4.78, 5) is 1.26. The van der Waals surface area contributed by atoms with Gasteiger partial charge >= 0.3 is 0 Å². The van der Waals surface area contributed by atoms with E-state index in [1.807, 2.05) is 11.7 Å². The van der Waals surface area contributed by atoms with Gasteiger partial charge in [0, 0.05) is 18.3 Å². The zero-order chi connectivity index (χ0) is 11.4. The minimum atomic E-state index is 0.929. The van der Waals surface area contributed by atoms with Crippen LogP contribution in [0.15, 0.2) is 23.7 Å². The highest BCUT2D eigenvalue weighted by Crippen LogP contribution is 2.26. The molecule has 86 valence electrons. The third kappa shape index (κ3) is 2.33. The summed E-state index contributed by atoms with van der Waals surface area (Å²) in [6, 6.07) is 4.21. The van der Waals surface area contributed by atoms with Crippen LogP contribution in [-0.2, 0) is 13.0 Å². The number of hydrogen-bond acceptors (Lipinski definition) is 3. The third-order valence-corrected chi connectivity index (χ3v) is 3.44. The van der Waals surface area contributed by atoms with Gasteiger partial charge in [-0.1, -0.05) is 6.07 Å². The number of likely N-dealkylation sites (N-methyl/N-ethyl adjacent to an activating group) is 1. The monoisotopic (exact) mass is 235 g/mol. The van der Waals surface area contributed by atoms with Gasteiger partial charge in [0.1, 0.15) is 5.69 Å². The Labute approximate surface area is 100 Å². The van der Waals surface area contributed by atoms with Gasteiger partial charge in [-0.25, -0.2) is 0 Å². The van der Waals surface area contributed by atoms with Crippen molar-refractivity contribution in [3.05, 3.63) is 29.3 Å².